The molecule has 0 saturated heterocycles. The van der Waals surface area contributed by atoms with Gasteiger partial charge >= 0.3 is 0 Å². The molecule has 0 amide bonds. The molecule has 0 fully saturated rings. The first-order chi connectivity index (χ1) is 6.53. The van der Waals surface area contributed by atoms with Crippen molar-refractivity contribution in [2.45, 2.75) is 38.8 Å². The molecule has 2 nitrogen and oxygen atoms in total. The van der Waals surface area contributed by atoms with Gasteiger partial charge in [0.2, 0.25) is 0 Å². The largest absolute Gasteiger partial charge is 0.394 e. The summed E-state index contributed by atoms with van der Waals surface area (Å²) in [5, 5.41) is 16.8. The van der Waals surface area contributed by atoms with Crippen molar-refractivity contribution in [1.29, 1.82) is 0 Å². The molecule has 1 unspecified atom stereocenters. The molecule has 0 bridgehead atoms. The number of nitrogens with one attached hydrogen (secondary N) is 1. The summed E-state index contributed by atoms with van der Waals surface area (Å²) in [6.45, 7) is 6.34. The van der Waals surface area contributed by atoms with Gasteiger partial charge in [-0.05, 0) is 49.6 Å². The highest BCUT2D eigenvalue weighted by atomic mass is 32.1. The second-order valence-electron chi connectivity index (χ2n) is 4.42. The molecule has 0 aromatic carbocycles. The summed E-state index contributed by atoms with van der Waals surface area (Å²) in [5.74, 6) is 0. The first kappa shape index (κ1) is 11.7. The third-order valence-electron chi connectivity index (χ3n) is 2.15. The van der Waals surface area contributed by atoms with Crippen molar-refractivity contribution in [3.05, 3.63) is 22.4 Å². The van der Waals surface area contributed by atoms with Gasteiger partial charge in [-0.25, -0.2) is 0 Å². The Labute approximate surface area is 90.0 Å². The highest BCUT2D eigenvalue weighted by Crippen LogP contribution is 2.10. The summed E-state index contributed by atoms with van der Waals surface area (Å²) in [5.41, 5.74) is 1.18. The second kappa shape index (κ2) is 4.91. The SMILES string of the molecule is CC(Cc1ccsc1)NC(C)(C)CO. The minimum absolute atomic E-state index is 0.168. The van der Waals surface area contributed by atoms with Gasteiger partial charge in [0, 0.05) is 11.6 Å². The molecular weight excluding hydrogens is 194 g/mol. The number of aliphatic hydroxyl groups excluding tert-OH is 1. The van der Waals surface area contributed by atoms with Gasteiger partial charge in [-0.2, -0.15) is 11.3 Å². The Morgan fingerprint density at radius 1 is 1.57 bits per heavy atom. The van der Waals surface area contributed by atoms with Crippen LogP contribution in [0.25, 0.3) is 0 Å². The molecule has 3 heteroatoms. The normalized spacial score (nSPS) is 14.3. The van der Waals surface area contributed by atoms with E-state index < -0.39 is 0 Å². The lowest BCUT2D eigenvalue weighted by Crippen LogP contribution is -2.48. The summed E-state index contributed by atoms with van der Waals surface area (Å²) in [6.07, 6.45) is 1.02. The predicted molar refractivity (Wildman–Crippen MR) is 61.8 cm³/mol. The van der Waals surface area contributed by atoms with Crippen molar-refractivity contribution >= 4 is 11.3 Å². The lowest BCUT2D eigenvalue weighted by molar-refractivity contribution is 0.177. The van der Waals surface area contributed by atoms with Gasteiger partial charge in [0.15, 0.2) is 0 Å². The van der Waals surface area contributed by atoms with Gasteiger partial charge in [0.1, 0.15) is 0 Å². The number of rotatable bonds is 5. The average molecular weight is 213 g/mol. The molecule has 1 rings (SSSR count). The fraction of sp³-hybridized carbons (Fsp3) is 0.636. The average Bonchev–Trinajstić information content (AvgIpc) is 2.55. The van der Waals surface area contributed by atoms with Crippen LogP contribution in [0.3, 0.4) is 0 Å². The van der Waals surface area contributed by atoms with Crippen molar-refractivity contribution in [2.75, 3.05) is 6.61 Å². The summed E-state index contributed by atoms with van der Waals surface area (Å²) in [4.78, 5) is 0. The molecule has 0 aliphatic carbocycles. The molecule has 0 aliphatic heterocycles. The van der Waals surface area contributed by atoms with Gasteiger partial charge < -0.3 is 10.4 Å². The monoisotopic (exact) mass is 213 g/mol. The van der Waals surface area contributed by atoms with E-state index in [1.165, 1.54) is 5.56 Å². The van der Waals surface area contributed by atoms with E-state index in [0.717, 1.165) is 6.42 Å². The van der Waals surface area contributed by atoms with E-state index in [4.69, 9.17) is 5.11 Å². The third-order valence-corrected chi connectivity index (χ3v) is 2.89. The zero-order chi connectivity index (χ0) is 10.6. The molecule has 0 saturated carbocycles. The molecule has 1 aromatic rings. The predicted octanol–water partition coefficient (Wildman–Crippen LogP) is 2.04. The van der Waals surface area contributed by atoms with E-state index in [1.54, 1.807) is 11.3 Å². The molecule has 1 aromatic heterocycles. The lowest BCUT2D eigenvalue weighted by Gasteiger charge is -2.28. The smallest absolute Gasteiger partial charge is 0.0607 e. The Morgan fingerprint density at radius 3 is 2.79 bits per heavy atom. The summed E-state index contributed by atoms with van der Waals surface area (Å²) in [7, 11) is 0. The van der Waals surface area contributed by atoms with Crippen molar-refractivity contribution < 1.29 is 5.11 Å². The number of hydrogen-bond acceptors (Lipinski definition) is 3. The molecule has 0 aliphatic rings. The zero-order valence-electron chi connectivity index (χ0n) is 9.08. The van der Waals surface area contributed by atoms with E-state index in [0.29, 0.717) is 6.04 Å². The van der Waals surface area contributed by atoms with Crippen molar-refractivity contribution in [3.63, 3.8) is 0 Å². The van der Waals surface area contributed by atoms with E-state index >= 15 is 0 Å². The van der Waals surface area contributed by atoms with Crippen molar-refractivity contribution in [1.82, 2.24) is 5.32 Å². The van der Waals surface area contributed by atoms with E-state index in [-0.39, 0.29) is 12.1 Å². The van der Waals surface area contributed by atoms with Crippen LogP contribution in [0.4, 0.5) is 0 Å². The zero-order valence-corrected chi connectivity index (χ0v) is 9.90. The maximum Gasteiger partial charge on any atom is 0.0607 e. The number of hydrogen-bond donors (Lipinski definition) is 2. The van der Waals surface area contributed by atoms with Crippen molar-refractivity contribution in [2.24, 2.45) is 0 Å². The molecule has 80 valence electrons. The molecule has 14 heavy (non-hydrogen) atoms. The van der Waals surface area contributed by atoms with E-state index in [1.807, 2.05) is 13.8 Å². The van der Waals surface area contributed by atoms with Gasteiger partial charge in [-0.1, -0.05) is 0 Å². The highest BCUT2D eigenvalue weighted by molar-refractivity contribution is 7.07. The maximum absolute atomic E-state index is 9.11. The highest BCUT2D eigenvalue weighted by Gasteiger charge is 2.18. The Kier molecular flexibility index (Phi) is 4.11. The number of thiophene rings is 1. The van der Waals surface area contributed by atoms with Crippen LogP contribution in [-0.2, 0) is 6.42 Å². The van der Waals surface area contributed by atoms with E-state index in [2.05, 4.69) is 29.1 Å². The minimum atomic E-state index is -0.185. The van der Waals surface area contributed by atoms with Crippen LogP contribution in [0.15, 0.2) is 16.8 Å². The first-order valence-corrected chi connectivity index (χ1v) is 5.87. The molecule has 2 N–H and O–H groups in total. The van der Waals surface area contributed by atoms with Gasteiger partial charge in [0.25, 0.3) is 0 Å². The Morgan fingerprint density at radius 2 is 2.29 bits per heavy atom. The van der Waals surface area contributed by atoms with Crippen LogP contribution >= 0.6 is 11.3 Å². The fourth-order valence-electron chi connectivity index (χ4n) is 1.53. The maximum atomic E-state index is 9.11. The summed E-state index contributed by atoms with van der Waals surface area (Å²) in [6, 6.07) is 2.54. The second-order valence-corrected chi connectivity index (χ2v) is 5.20. The minimum Gasteiger partial charge on any atom is -0.394 e. The van der Waals surface area contributed by atoms with Crippen LogP contribution in [0.5, 0.6) is 0 Å². The summed E-state index contributed by atoms with van der Waals surface area (Å²) >= 11 is 1.73. The van der Waals surface area contributed by atoms with Gasteiger partial charge in [0.05, 0.1) is 6.61 Å². The first-order valence-electron chi connectivity index (χ1n) is 4.93. The molecule has 1 atom stereocenters. The Hall–Kier alpha value is -0.380. The fourth-order valence-corrected chi connectivity index (χ4v) is 2.21. The number of aliphatic hydroxyl groups is 1. The van der Waals surface area contributed by atoms with Crippen molar-refractivity contribution in [3.8, 4) is 0 Å². The Balaban J connectivity index is 2.40. The standard InChI is InChI=1S/C11H19NOS/c1-9(12-11(2,3)8-13)6-10-4-5-14-7-10/h4-5,7,9,12-13H,6,8H2,1-3H3. The topological polar surface area (TPSA) is 32.3 Å². The van der Waals surface area contributed by atoms with Crippen LogP contribution in [0, 0.1) is 0 Å². The van der Waals surface area contributed by atoms with Crippen LogP contribution < -0.4 is 5.32 Å². The van der Waals surface area contributed by atoms with Gasteiger partial charge in [-0.3, -0.25) is 0 Å². The summed E-state index contributed by atoms with van der Waals surface area (Å²) < 4.78 is 0. The van der Waals surface area contributed by atoms with Crippen LogP contribution in [-0.4, -0.2) is 23.3 Å². The Bertz CT molecular complexity index is 256. The third kappa shape index (κ3) is 3.78. The van der Waals surface area contributed by atoms with Crippen LogP contribution in [0.2, 0.25) is 0 Å². The lowest BCUT2D eigenvalue weighted by atomic mass is 10.0. The molecule has 0 spiro atoms. The van der Waals surface area contributed by atoms with E-state index in [9.17, 15) is 0 Å². The molecular formula is C11H19NOS. The quantitative estimate of drug-likeness (QED) is 0.784. The van der Waals surface area contributed by atoms with Crippen LogP contribution in [0.1, 0.15) is 26.3 Å². The molecule has 1 heterocycles. The molecule has 0 radical (unpaired) electrons. The van der Waals surface area contributed by atoms with Gasteiger partial charge in [-0.15, -0.1) is 0 Å².